The number of rotatable bonds is 8. The van der Waals surface area contributed by atoms with E-state index in [0.717, 1.165) is 79.8 Å². The summed E-state index contributed by atoms with van der Waals surface area (Å²) in [6.07, 6.45) is 14.5. The first-order chi connectivity index (χ1) is 32.1. The lowest BCUT2D eigenvalue weighted by molar-refractivity contribution is 1.12. The molecule has 2 aliphatic rings. The summed E-state index contributed by atoms with van der Waals surface area (Å²) in [6.45, 7) is 0. The second-order valence-electron chi connectivity index (χ2n) is 16.3. The molecule has 308 valence electrons. The molecule has 0 aliphatic heterocycles. The number of fused-ring (bicyclic) bond motifs is 4. The van der Waals surface area contributed by atoms with Crippen LogP contribution in [0.4, 0.5) is 0 Å². The lowest BCUT2D eigenvalue weighted by atomic mass is 9.94. The molecular weight excluding hydrogens is 791 g/mol. The molecule has 2 heterocycles. The fourth-order valence-electron chi connectivity index (χ4n) is 8.92. The van der Waals surface area contributed by atoms with Crippen molar-refractivity contribution in [3.63, 3.8) is 0 Å². The lowest BCUT2D eigenvalue weighted by Crippen LogP contribution is -2.15. The molecule has 0 radical (unpaired) electrons. The topological polar surface area (TPSA) is 69.1 Å². The number of allylic oxidation sites excluding steroid dienone is 7. The molecule has 5 heteroatoms. The molecule has 1 atom stereocenters. The highest BCUT2D eigenvalue weighted by Crippen LogP contribution is 2.35. The Hall–Kier alpha value is -8.59. The molecule has 1 unspecified atom stereocenters. The number of hydrogen-bond donors (Lipinski definition) is 1. The molecule has 0 saturated heterocycles. The van der Waals surface area contributed by atoms with Gasteiger partial charge >= 0.3 is 0 Å². The van der Waals surface area contributed by atoms with Crippen LogP contribution in [-0.4, -0.2) is 20.4 Å². The SMILES string of the molecule is NC(=N/C(=C1/C=CCC=CC1)c1ccccc1)C1=CC(c2ccc(-c3ccc(-n4c5ccccc5c5ccccc54)cc3)cc2)C#CC(c2nc(-c3ccccc3)c3ccccc3n2)=C1. The Bertz CT molecular complexity index is 3460. The van der Waals surface area contributed by atoms with Gasteiger partial charge in [-0.2, -0.15) is 0 Å². The maximum atomic E-state index is 7.17. The lowest BCUT2D eigenvalue weighted by Gasteiger charge is -2.13. The predicted molar refractivity (Wildman–Crippen MR) is 270 cm³/mol. The number of benzene rings is 7. The van der Waals surface area contributed by atoms with E-state index in [2.05, 4.69) is 174 Å². The van der Waals surface area contributed by atoms with Crippen molar-refractivity contribution in [1.29, 1.82) is 0 Å². The van der Waals surface area contributed by atoms with Crippen molar-refractivity contribution in [2.75, 3.05) is 0 Å². The molecule has 7 aromatic carbocycles. The smallest absolute Gasteiger partial charge is 0.169 e. The van der Waals surface area contributed by atoms with Crippen molar-refractivity contribution in [1.82, 2.24) is 14.5 Å². The Balaban J connectivity index is 0.988. The molecule has 65 heavy (non-hydrogen) atoms. The third kappa shape index (κ3) is 7.79. The third-order valence-corrected chi connectivity index (χ3v) is 12.2. The highest BCUT2D eigenvalue weighted by atomic mass is 15.0. The maximum absolute atomic E-state index is 7.17. The summed E-state index contributed by atoms with van der Waals surface area (Å²) >= 11 is 0. The molecule has 2 N–H and O–H groups in total. The van der Waals surface area contributed by atoms with Gasteiger partial charge in [0, 0.05) is 38.5 Å². The van der Waals surface area contributed by atoms with Crippen LogP contribution >= 0.6 is 0 Å². The second-order valence-corrected chi connectivity index (χ2v) is 16.3. The van der Waals surface area contributed by atoms with Crippen LogP contribution in [0.5, 0.6) is 0 Å². The second kappa shape index (κ2) is 17.3. The molecule has 0 amide bonds. The number of hydrogen-bond acceptors (Lipinski definition) is 3. The van der Waals surface area contributed by atoms with E-state index in [1.54, 1.807) is 0 Å². The van der Waals surface area contributed by atoms with Crippen LogP contribution in [0.15, 0.2) is 235 Å². The largest absolute Gasteiger partial charge is 0.383 e. The molecule has 0 spiro atoms. The van der Waals surface area contributed by atoms with Gasteiger partial charge in [0.05, 0.1) is 39.4 Å². The van der Waals surface area contributed by atoms with Gasteiger partial charge in [-0.1, -0.05) is 194 Å². The van der Waals surface area contributed by atoms with Gasteiger partial charge in [-0.15, -0.1) is 0 Å². The maximum Gasteiger partial charge on any atom is 0.169 e. The number of aromatic nitrogens is 3. The number of nitrogens with two attached hydrogens (primary N) is 1. The average molecular weight is 834 g/mol. The van der Waals surface area contributed by atoms with Crippen molar-refractivity contribution in [2.24, 2.45) is 10.7 Å². The summed E-state index contributed by atoms with van der Waals surface area (Å²) in [7, 11) is 0. The number of aliphatic imine (C=N–C) groups is 1. The van der Waals surface area contributed by atoms with E-state index >= 15 is 0 Å². The molecule has 5 nitrogen and oxygen atoms in total. The van der Waals surface area contributed by atoms with Crippen molar-refractivity contribution >= 4 is 49.8 Å². The van der Waals surface area contributed by atoms with Crippen molar-refractivity contribution in [3.8, 4) is 39.9 Å². The highest BCUT2D eigenvalue weighted by Gasteiger charge is 2.19. The molecule has 0 bridgehead atoms. The van der Waals surface area contributed by atoms with Crippen molar-refractivity contribution < 1.29 is 0 Å². The quantitative estimate of drug-likeness (QED) is 0.0717. The van der Waals surface area contributed by atoms with Gasteiger partial charge in [-0.25, -0.2) is 15.0 Å². The Morgan fingerprint density at radius 1 is 0.600 bits per heavy atom. The zero-order valence-electron chi connectivity index (χ0n) is 35.6. The summed E-state index contributed by atoms with van der Waals surface area (Å²) in [5, 5.41) is 3.48. The van der Waals surface area contributed by atoms with Crippen LogP contribution < -0.4 is 5.73 Å². The molecular formula is C60H43N5. The minimum atomic E-state index is -0.290. The van der Waals surface area contributed by atoms with Crippen LogP contribution in [0.25, 0.3) is 72.1 Å². The van der Waals surface area contributed by atoms with E-state index in [1.165, 1.54) is 21.8 Å². The zero-order chi connectivity index (χ0) is 43.5. The zero-order valence-corrected chi connectivity index (χ0v) is 35.6. The van der Waals surface area contributed by atoms with Gasteiger partial charge in [0.15, 0.2) is 5.82 Å². The Labute approximate surface area is 378 Å². The van der Waals surface area contributed by atoms with Gasteiger partial charge in [-0.3, -0.25) is 0 Å². The van der Waals surface area contributed by atoms with E-state index < -0.39 is 0 Å². The summed E-state index contributed by atoms with van der Waals surface area (Å²) in [5.74, 6) is 7.73. The van der Waals surface area contributed by atoms with E-state index in [0.29, 0.717) is 17.2 Å². The highest BCUT2D eigenvalue weighted by molar-refractivity contribution is 6.09. The van der Waals surface area contributed by atoms with Gasteiger partial charge in [0.2, 0.25) is 0 Å². The molecule has 0 fully saturated rings. The van der Waals surface area contributed by atoms with Gasteiger partial charge in [0.1, 0.15) is 5.84 Å². The van der Waals surface area contributed by atoms with E-state index in [9.17, 15) is 0 Å². The summed E-state index contributed by atoms with van der Waals surface area (Å²) in [4.78, 5) is 15.5. The van der Waals surface area contributed by atoms with Gasteiger partial charge in [-0.05, 0) is 71.5 Å². The standard InChI is InChI=1S/C60H43N5/c61-59(63-57(45-19-7-3-8-20-45)44-17-5-1-2-6-18-44)49-39-47(33-34-48(40-49)60-62-54-26-14-11-25-53(54)58(64-60)46-21-9-4-10-22-46)43-31-29-41(30-32-43)42-35-37-50(38-36-42)65-55-27-15-12-23-51(55)52-24-13-16-28-56(52)65/h1,3-16,18-32,35-40,47H,2,17H2,(H2,61,63)/b57-44+. The molecule has 9 aromatic rings. The minimum Gasteiger partial charge on any atom is -0.383 e. The van der Waals surface area contributed by atoms with E-state index in [1.807, 2.05) is 60.7 Å². The first kappa shape index (κ1) is 39.3. The molecule has 2 aliphatic carbocycles. The third-order valence-electron chi connectivity index (χ3n) is 12.2. The summed E-state index contributed by atoms with van der Waals surface area (Å²) in [5.41, 5.74) is 21.0. The first-order valence-electron chi connectivity index (χ1n) is 22.1. The minimum absolute atomic E-state index is 0.290. The van der Waals surface area contributed by atoms with Crippen LogP contribution in [0.2, 0.25) is 0 Å². The normalized spacial score (nSPS) is 15.8. The fourth-order valence-corrected chi connectivity index (χ4v) is 8.92. The Morgan fingerprint density at radius 2 is 1.23 bits per heavy atom. The van der Waals surface area contributed by atoms with Crippen molar-refractivity contribution in [3.05, 3.63) is 247 Å². The Morgan fingerprint density at radius 3 is 1.95 bits per heavy atom. The summed E-state index contributed by atoms with van der Waals surface area (Å²) in [6, 6.07) is 63.4. The first-order valence-corrected chi connectivity index (χ1v) is 22.1. The number of nitrogens with zero attached hydrogens (tertiary/aromatic N) is 4. The average Bonchev–Trinajstić information content (AvgIpc) is 3.56. The van der Waals surface area contributed by atoms with Gasteiger partial charge in [0.25, 0.3) is 0 Å². The number of amidine groups is 1. The monoisotopic (exact) mass is 833 g/mol. The Kier molecular flexibility index (Phi) is 10.4. The van der Waals surface area contributed by atoms with E-state index in [4.69, 9.17) is 20.7 Å². The molecule has 11 rings (SSSR count). The molecule has 2 aromatic heterocycles. The predicted octanol–water partition coefficient (Wildman–Crippen LogP) is 13.8. The molecule has 0 saturated carbocycles. The van der Waals surface area contributed by atoms with Crippen LogP contribution in [0, 0.1) is 11.8 Å². The van der Waals surface area contributed by atoms with Crippen LogP contribution in [0.1, 0.15) is 35.7 Å². The summed E-state index contributed by atoms with van der Waals surface area (Å²) < 4.78 is 2.35. The van der Waals surface area contributed by atoms with E-state index in [-0.39, 0.29) is 5.92 Å². The number of para-hydroxylation sites is 3. The van der Waals surface area contributed by atoms with Crippen molar-refractivity contribution in [2.45, 2.75) is 18.8 Å². The van der Waals surface area contributed by atoms with Crippen LogP contribution in [0.3, 0.4) is 0 Å². The van der Waals surface area contributed by atoms with Crippen LogP contribution in [-0.2, 0) is 0 Å². The fraction of sp³-hybridized carbons (Fsp3) is 0.0500. The van der Waals surface area contributed by atoms with Gasteiger partial charge < -0.3 is 10.3 Å².